The smallest absolute Gasteiger partial charge is 0.271 e. The number of thiazole rings is 1. The first kappa shape index (κ1) is 19.8. The maximum absolute atomic E-state index is 12.9. The lowest BCUT2D eigenvalue weighted by Gasteiger charge is -2.38. The number of hydrogen-bond donors (Lipinski definition) is 2. The molecule has 1 aliphatic rings. The van der Waals surface area contributed by atoms with Gasteiger partial charge < -0.3 is 14.8 Å². The molecule has 0 saturated carbocycles. The van der Waals surface area contributed by atoms with Gasteiger partial charge in [0.25, 0.3) is 5.91 Å². The zero-order valence-corrected chi connectivity index (χ0v) is 17.2. The zero-order chi connectivity index (χ0) is 20.2. The molecule has 2 aromatic heterocycles. The van der Waals surface area contributed by atoms with Crippen molar-refractivity contribution in [3.8, 4) is 10.8 Å². The van der Waals surface area contributed by atoms with Gasteiger partial charge in [0.2, 0.25) is 0 Å². The van der Waals surface area contributed by atoms with Gasteiger partial charge in [-0.05, 0) is 37.6 Å². The first-order chi connectivity index (χ1) is 14.1. The van der Waals surface area contributed by atoms with Gasteiger partial charge >= 0.3 is 0 Å². The second-order valence-electron chi connectivity index (χ2n) is 7.43. The number of nitrogens with zero attached hydrogens (tertiary/aromatic N) is 2. The third kappa shape index (κ3) is 4.58. The summed E-state index contributed by atoms with van der Waals surface area (Å²) < 4.78 is 5.40. The number of hydrogen-bond acceptors (Lipinski definition) is 6. The third-order valence-electron chi connectivity index (χ3n) is 5.38. The van der Waals surface area contributed by atoms with E-state index in [0.717, 1.165) is 24.4 Å². The van der Waals surface area contributed by atoms with E-state index in [9.17, 15) is 9.90 Å². The van der Waals surface area contributed by atoms with Crippen LogP contribution in [0.4, 0.5) is 0 Å². The van der Waals surface area contributed by atoms with E-state index in [2.05, 4.69) is 27.3 Å². The van der Waals surface area contributed by atoms with E-state index in [-0.39, 0.29) is 24.5 Å². The molecule has 4 rings (SSSR count). The molecule has 3 heterocycles. The summed E-state index contributed by atoms with van der Waals surface area (Å²) in [4.78, 5) is 20.6. The first-order valence-electron chi connectivity index (χ1n) is 9.83. The number of benzene rings is 1. The first-order valence-corrected chi connectivity index (χ1v) is 10.6. The minimum atomic E-state index is -0.193. The Morgan fingerprint density at radius 3 is 2.86 bits per heavy atom. The Kier molecular flexibility index (Phi) is 6.08. The van der Waals surface area contributed by atoms with Crippen LogP contribution < -0.4 is 5.32 Å². The van der Waals surface area contributed by atoms with E-state index in [1.165, 1.54) is 16.9 Å². The predicted octanol–water partition coefficient (Wildman–Crippen LogP) is 3.32. The highest BCUT2D eigenvalue weighted by molar-refractivity contribution is 7.15. The van der Waals surface area contributed by atoms with Crippen molar-refractivity contribution in [2.24, 2.45) is 5.92 Å². The molecule has 0 bridgehead atoms. The van der Waals surface area contributed by atoms with Crippen molar-refractivity contribution in [2.75, 3.05) is 19.7 Å². The summed E-state index contributed by atoms with van der Waals surface area (Å²) in [5.41, 5.74) is 1.68. The zero-order valence-electron chi connectivity index (χ0n) is 16.4. The average Bonchev–Trinajstić information content (AvgIpc) is 3.39. The van der Waals surface area contributed by atoms with Crippen molar-refractivity contribution in [3.05, 3.63) is 64.9 Å². The predicted molar refractivity (Wildman–Crippen MR) is 113 cm³/mol. The quantitative estimate of drug-likeness (QED) is 0.651. The number of aryl methyl sites for hydroxylation is 1. The van der Waals surface area contributed by atoms with Gasteiger partial charge in [-0.25, -0.2) is 4.98 Å². The van der Waals surface area contributed by atoms with Crippen molar-refractivity contribution in [2.45, 2.75) is 25.9 Å². The number of piperidine rings is 1. The van der Waals surface area contributed by atoms with E-state index in [1.807, 2.05) is 31.2 Å². The van der Waals surface area contributed by atoms with Crippen LogP contribution in [-0.2, 0) is 6.54 Å². The van der Waals surface area contributed by atoms with E-state index in [0.29, 0.717) is 23.0 Å². The lowest BCUT2D eigenvalue weighted by atomic mass is 9.91. The van der Waals surface area contributed by atoms with Gasteiger partial charge in [-0.1, -0.05) is 30.3 Å². The standard InChI is InChI=1S/C22H25N3O3S/c1-15-20(24-22(29-15)19-8-5-11-28-19)21(27)23-18-13-25(10-9-17(18)14-26)12-16-6-3-2-4-7-16/h2-8,11,17-18,26H,9-10,12-14H2,1H3,(H,23,27)/t17-,18+/m0/s1. The molecule has 1 saturated heterocycles. The second kappa shape index (κ2) is 8.90. The van der Waals surface area contributed by atoms with E-state index in [1.54, 1.807) is 12.3 Å². The van der Waals surface area contributed by atoms with Crippen molar-refractivity contribution in [3.63, 3.8) is 0 Å². The van der Waals surface area contributed by atoms with Crippen molar-refractivity contribution in [1.29, 1.82) is 0 Å². The van der Waals surface area contributed by atoms with Gasteiger partial charge in [-0.2, -0.15) is 0 Å². The number of likely N-dealkylation sites (tertiary alicyclic amines) is 1. The molecule has 6 nitrogen and oxygen atoms in total. The molecule has 7 heteroatoms. The van der Waals surface area contributed by atoms with Crippen LogP contribution in [0.1, 0.15) is 27.3 Å². The van der Waals surface area contributed by atoms with Gasteiger partial charge in [0.15, 0.2) is 10.8 Å². The number of aliphatic hydroxyl groups excluding tert-OH is 1. The van der Waals surface area contributed by atoms with Crippen LogP contribution in [0.25, 0.3) is 10.8 Å². The van der Waals surface area contributed by atoms with Crippen molar-refractivity contribution >= 4 is 17.2 Å². The Morgan fingerprint density at radius 2 is 2.14 bits per heavy atom. The lowest BCUT2D eigenvalue weighted by Crippen LogP contribution is -2.53. The molecule has 0 radical (unpaired) electrons. The summed E-state index contributed by atoms with van der Waals surface area (Å²) in [7, 11) is 0. The number of amides is 1. The molecular weight excluding hydrogens is 386 g/mol. The fourth-order valence-corrected chi connectivity index (χ4v) is 4.66. The Hall–Kier alpha value is -2.48. The van der Waals surface area contributed by atoms with Crippen molar-refractivity contribution < 1.29 is 14.3 Å². The monoisotopic (exact) mass is 411 g/mol. The highest BCUT2D eigenvalue weighted by Crippen LogP contribution is 2.28. The number of nitrogens with one attached hydrogen (secondary N) is 1. The number of carbonyl (C=O) groups excluding carboxylic acids is 1. The summed E-state index contributed by atoms with van der Waals surface area (Å²) in [5, 5.41) is 13.6. The molecule has 1 fully saturated rings. The van der Waals surface area contributed by atoms with Crippen LogP contribution >= 0.6 is 11.3 Å². The van der Waals surface area contributed by atoms with E-state index >= 15 is 0 Å². The van der Waals surface area contributed by atoms with Crippen LogP contribution in [0.15, 0.2) is 53.1 Å². The van der Waals surface area contributed by atoms with Gasteiger partial charge in [-0.3, -0.25) is 9.69 Å². The average molecular weight is 412 g/mol. The molecule has 152 valence electrons. The topological polar surface area (TPSA) is 78.6 Å². The van der Waals surface area contributed by atoms with Crippen LogP contribution in [0, 0.1) is 12.8 Å². The van der Waals surface area contributed by atoms with Gasteiger partial charge in [0, 0.05) is 36.5 Å². The molecule has 2 atom stereocenters. The number of aromatic nitrogens is 1. The summed E-state index contributed by atoms with van der Waals surface area (Å²) in [5.74, 6) is 0.521. The van der Waals surface area contributed by atoms with E-state index in [4.69, 9.17) is 4.42 Å². The third-order valence-corrected chi connectivity index (χ3v) is 6.37. The molecule has 0 spiro atoms. The van der Waals surface area contributed by atoms with Gasteiger partial charge in [-0.15, -0.1) is 11.3 Å². The van der Waals surface area contributed by atoms with E-state index < -0.39 is 0 Å². The minimum absolute atomic E-state index is 0.0504. The molecule has 29 heavy (non-hydrogen) atoms. The van der Waals surface area contributed by atoms with Gasteiger partial charge in [0.05, 0.1) is 6.26 Å². The number of carbonyl (C=O) groups is 1. The number of furan rings is 1. The maximum atomic E-state index is 12.9. The summed E-state index contributed by atoms with van der Waals surface area (Å²) in [6.45, 7) is 4.41. The van der Waals surface area contributed by atoms with Crippen molar-refractivity contribution in [1.82, 2.24) is 15.2 Å². The fraction of sp³-hybridized carbons (Fsp3) is 0.364. The minimum Gasteiger partial charge on any atom is -0.462 e. The Labute approximate surface area is 174 Å². The van der Waals surface area contributed by atoms with Crippen LogP contribution in [0.5, 0.6) is 0 Å². The Balaban J connectivity index is 1.45. The van der Waals surface area contributed by atoms with Crippen LogP contribution in [-0.4, -0.2) is 46.6 Å². The molecule has 1 amide bonds. The molecule has 3 aromatic rings. The van der Waals surface area contributed by atoms with Crippen LogP contribution in [0.2, 0.25) is 0 Å². The van der Waals surface area contributed by atoms with Crippen LogP contribution in [0.3, 0.4) is 0 Å². The molecule has 1 aliphatic heterocycles. The summed E-state index contributed by atoms with van der Waals surface area (Å²) >= 11 is 1.45. The number of aliphatic hydroxyl groups is 1. The Morgan fingerprint density at radius 1 is 1.31 bits per heavy atom. The van der Waals surface area contributed by atoms with Gasteiger partial charge in [0.1, 0.15) is 5.69 Å². The molecule has 0 aliphatic carbocycles. The lowest BCUT2D eigenvalue weighted by molar-refractivity contribution is 0.0727. The highest BCUT2D eigenvalue weighted by atomic mass is 32.1. The normalized spacial score (nSPS) is 19.9. The molecule has 1 aromatic carbocycles. The second-order valence-corrected chi connectivity index (χ2v) is 8.64. The molecule has 2 N–H and O–H groups in total. The fourth-order valence-electron chi connectivity index (χ4n) is 3.78. The largest absolute Gasteiger partial charge is 0.462 e. The SMILES string of the molecule is Cc1sc(-c2ccco2)nc1C(=O)N[C@@H]1CN(Cc2ccccc2)CC[C@H]1CO. The molecule has 0 unspecified atom stereocenters. The maximum Gasteiger partial charge on any atom is 0.271 e. The summed E-state index contributed by atoms with van der Waals surface area (Å²) in [6, 6.07) is 13.8. The number of rotatable bonds is 6. The summed E-state index contributed by atoms with van der Waals surface area (Å²) in [6.07, 6.45) is 2.45. The highest BCUT2D eigenvalue weighted by Gasteiger charge is 2.31. The Bertz CT molecular complexity index is 940. The molecular formula is C22H25N3O3S.